The quantitative estimate of drug-likeness (QED) is 0.266. The summed E-state index contributed by atoms with van der Waals surface area (Å²) in [6.45, 7) is 8.12. The van der Waals surface area contributed by atoms with Crippen LogP contribution in [-0.2, 0) is 23.9 Å². The highest BCUT2D eigenvalue weighted by atomic mass is 16.7. The topological polar surface area (TPSA) is 128 Å². The van der Waals surface area contributed by atoms with Crippen LogP contribution in [0.1, 0.15) is 63.3 Å². The number of ketones is 1. The molecular formula is C27H27N3O7. The molecule has 3 aliphatic rings. The smallest absolute Gasteiger partial charge is 0.330 e. The lowest BCUT2D eigenvalue weighted by molar-refractivity contribution is -0.385. The third-order valence-electron chi connectivity index (χ3n) is 7.21. The lowest BCUT2D eigenvalue weighted by Crippen LogP contribution is -2.58. The van der Waals surface area contributed by atoms with Gasteiger partial charge < -0.3 is 9.47 Å². The zero-order valence-corrected chi connectivity index (χ0v) is 21.1. The Kier molecular flexibility index (Phi) is 5.29. The van der Waals surface area contributed by atoms with E-state index in [0.29, 0.717) is 11.1 Å². The Hall–Kier alpha value is -4.08. The van der Waals surface area contributed by atoms with Crippen LogP contribution in [0.3, 0.4) is 0 Å². The number of hydrogen-bond acceptors (Lipinski definition) is 9. The summed E-state index contributed by atoms with van der Waals surface area (Å²) in [7, 11) is 0. The van der Waals surface area contributed by atoms with Crippen molar-refractivity contribution in [1.82, 2.24) is 5.01 Å². The largest absolute Gasteiger partial charge is 0.422 e. The minimum absolute atomic E-state index is 0.235. The summed E-state index contributed by atoms with van der Waals surface area (Å²) in [6.07, 6.45) is 1.59. The molecule has 0 bridgehead atoms. The highest BCUT2D eigenvalue weighted by Gasteiger charge is 2.75. The number of hydrazone groups is 1. The summed E-state index contributed by atoms with van der Waals surface area (Å²) in [4.78, 5) is 53.3. The highest BCUT2D eigenvalue weighted by Crippen LogP contribution is 2.63. The van der Waals surface area contributed by atoms with E-state index in [4.69, 9.17) is 9.47 Å². The van der Waals surface area contributed by atoms with Crippen LogP contribution in [0.5, 0.6) is 0 Å². The molecule has 2 aromatic rings. The number of carbonyl (C=O) groups is 3. The van der Waals surface area contributed by atoms with Gasteiger partial charge in [0.2, 0.25) is 5.41 Å². The Morgan fingerprint density at radius 3 is 2.32 bits per heavy atom. The van der Waals surface area contributed by atoms with Crippen LogP contribution < -0.4 is 0 Å². The van der Waals surface area contributed by atoms with Gasteiger partial charge in [-0.15, -0.1) is 0 Å². The number of benzene rings is 2. The molecule has 1 spiro atoms. The van der Waals surface area contributed by atoms with Crippen LogP contribution in [-0.4, -0.2) is 45.7 Å². The number of carbonyl (C=O) groups excluding carboxylic acids is 3. The van der Waals surface area contributed by atoms with E-state index in [1.807, 2.05) is 0 Å². The molecule has 0 unspecified atom stereocenters. The second-order valence-corrected chi connectivity index (χ2v) is 11.1. The van der Waals surface area contributed by atoms with Gasteiger partial charge in [0.05, 0.1) is 11.1 Å². The second kappa shape index (κ2) is 7.96. The fourth-order valence-corrected chi connectivity index (χ4v) is 5.66. The normalized spacial score (nSPS) is 25.2. The van der Waals surface area contributed by atoms with E-state index in [0.717, 1.165) is 0 Å². The maximum absolute atomic E-state index is 14.1. The van der Waals surface area contributed by atoms with Crippen molar-refractivity contribution in [2.75, 3.05) is 0 Å². The molecule has 2 fully saturated rings. The number of rotatable bonds is 3. The van der Waals surface area contributed by atoms with E-state index in [2.05, 4.69) is 5.10 Å². The molecule has 2 saturated heterocycles. The lowest BCUT2D eigenvalue weighted by atomic mass is 9.64. The molecule has 0 N–H and O–H groups in total. The molecule has 192 valence electrons. The Bertz CT molecular complexity index is 1350. The highest BCUT2D eigenvalue weighted by molar-refractivity contribution is 6.07. The standard InChI is InChI=1S/C27H27N3O7/c1-25(2,3)22(31)20-19(15-10-8-11-17(13-15)30(34)35)27(23(32)36-26(4,5)37-24(27)33)21-18-12-7-6-9-16(18)14-28-29(20)21/h6-14,19-21H,1-5H3/t19-,20+,21-/m1/s1. The number of esters is 2. The molecule has 5 rings (SSSR count). The Morgan fingerprint density at radius 1 is 1.05 bits per heavy atom. The lowest BCUT2D eigenvalue weighted by Gasteiger charge is -2.44. The van der Waals surface area contributed by atoms with E-state index in [-0.39, 0.29) is 17.0 Å². The van der Waals surface area contributed by atoms with E-state index < -0.39 is 51.5 Å². The second-order valence-electron chi connectivity index (χ2n) is 11.1. The molecule has 0 aliphatic carbocycles. The first kappa shape index (κ1) is 24.6. The number of ether oxygens (including phenoxy) is 2. The van der Waals surface area contributed by atoms with Crippen molar-refractivity contribution in [3.05, 3.63) is 75.3 Å². The third-order valence-corrected chi connectivity index (χ3v) is 7.21. The van der Waals surface area contributed by atoms with Crippen LogP contribution in [0.4, 0.5) is 5.69 Å². The number of nitrogens with zero attached hydrogens (tertiary/aromatic N) is 3. The summed E-state index contributed by atoms with van der Waals surface area (Å²) in [5, 5.41) is 17.7. The first-order valence-corrected chi connectivity index (χ1v) is 12.0. The van der Waals surface area contributed by atoms with Crippen molar-refractivity contribution in [2.24, 2.45) is 15.9 Å². The van der Waals surface area contributed by atoms with Gasteiger partial charge in [-0.3, -0.25) is 29.5 Å². The molecule has 0 saturated carbocycles. The van der Waals surface area contributed by atoms with E-state index >= 15 is 0 Å². The van der Waals surface area contributed by atoms with Gasteiger partial charge in [0.15, 0.2) is 5.78 Å². The zero-order valence-electron chi connectivity index (χ0n) is 21.1. The molecule has 3 heterocycles. The maximum atomic E-state index is 14.1. The van der Waals surface area contributed by atoms with E-state index in [9.17, 15) is 24.5 Å². The Balaban J connectivity index is 1.86. The average Bonchev–Trinajstić information content (AvgIpc) is 3.13. The van der Waals surface area contributed by atoms with Gasteiger partial charge in [-0.2, -0.15) is 5.10 Å². The van der Waals surface area contributed by atoms with Crippen molar-refractivity contribution in [1.29, 1.82) is 0 Å². The van der Waals surface area contributed by atoms with Gasteiger partial charge in [-0.1, -0.05) is 57.2 Å². The van der Waals surface area contributed by atoms with Gasteiger partial charge in [0, 0.05) is 37.3 Å². The number of Topliss-reactive ketones (excluding diaryl/α,β-unsaturated/α-hetero) is 1. The molecule has 10 heteroatoms. The van der Waals surface area contributed by atoms with E-state index in [1.54, 1.807) is 57.3 Å². The fourth-order valence-electron chi connectivity index (χ4n) is 5.66. The molecule has 0 aromatic heterocycles. The molecule has 3 aliphatic heterocycles. The van der Waals surface area contributed by atoms with Gasteiger partial charge in [0.25, 0.3) is 11.5 Å². The van der Waals surface area contributed by atoms with Crippen molar-refractivity contribution >= 4 is 29.6 Å². The van der Waals surface area contributed by atoms with Crippen molar-refractivity contribution < 1.29 is 28.8 Å². The van der Waals surface area contributed by atoms with Gasteiger partial charge in [0.1, 0.15) is 12.1 Å². The molecule has 0 amide bonds. The van der Waals surface area contributed by atoms with Gasteiger partial charge >= 0.3 is 11.9 Å². The minimum Gasteiger partial charge on any atom is -0.422 e. The number of fused-ring (bicyclic) bond motifs is 4. The van der Waals surface area contributed by atoms with Crippen molar-refractivity contribution in [2.45, 2.75) is 58.4 Å². The molecule has 37 heavy (non-hydrogen) atoms. The van der Waals surface area contributed by atoms with Crippen molar-refractivity contribution in [3.8, 4) is 0 Å². The molecule has 0 radical (unpaired) electrons. The Morgan fingerprint density at radius 2 is 1.70 bits per heavy atom. The van der Waals surface area contributed by atoms with Crippen LogP contribution in [0.2, 0.25) is 0 Å². The SMILES string of the molecule is CC1(C)OC(=O)C2(C(=O)O1)[C@H](c1cccc([N+](=O)[O-])c1)[C@@H](C(=O)C(C)(C)C)N1N=Cc3ccccc3[C@@H]12. The predicted molar refractivity (Wildman–Crippen MR) is 131 cm³/mol. The maximum Gasteiger partial charge on any atom is 0.330 e. The molecule has 3 atom stereocenters. The van der Waals surface area contributed by atoms with Gasteiger partial charge in [-0.05, 0) is 16.7 Å². The number of non-ortho nitro benzene ring substituents is 1. The number of nitro benzene ring substituents is 1. The van der Waals surface area contributed by atoms with E-state index in [1.165, 1.54) is 37.1 Å². The van der Waals surface area contributed by atoms with Crippen molar-refractivity contribution in [3.63, 3.8) is 0 Å². The first-order valence-electron chi connectivity index (χ1n) is 12.0. The summed E-state index contributed by atoms with van der Waals surface area (Å²) >= 11 is 0. The number of cyclic esters (lactones) is 2. The van der Waals surface area contributed by atoms with Crippen LogP contribution in [0.15, 0.2) is 53.6 Å². The molecule has 2 aromatic carbocycles. The summed E-state index contributed by atoms with van der Waals surface area (Å²) in [6, 6.07) is 10.7. The minimum atomic E-state index is -2.05. The predicted octanol–water partition coefficient (Wildman–Crippen LogP) is 3.89. The van der Waals surface area contributed by atoms with Gasteiger partial charge in [-0.25, -0.2) is 0 Å². The fraction of sp³-hybridized carbons (Fsp3) is 0.407. The number of hydrogen-bond donors (Lipinski definition) is 0. The monoisotopic (exact) mass is 505 g/mol. The molecular weight excluding hydrogens is 478 g/mol. The van der Waals surface area contributed by atoms with Crippen LogP contribution >= 0.6 is 0 Å². The Labute approximate surface area is 213 Å². The van der Waals surface area contributed by atoms with Crippen LogP contribution in [0, 0.1) is 20.9 Å². The van der Waals surface area contributed by atoms with Crippen LogP contribution in [0.25, 0.3) is 0 Å². The first-order chi connectivity index (χ1) is 17.3. The summed E-state index contributed by atoms with van der Waals surface area (Å²) in [5.74, 6) is -4.72. The third kappa shape index (κ3) is 3.53. The summed E-state index contributed by atoms with van der Waals surface area (Å²) < 4.78 is 11.4. The number of nitro groups is 1. The average molecular weight is 506 g/mol. The zero-order chi connectivity index (χ0) is 26.9. The molecule has 10 nitrogen and oxygen atoms in total. The summed E-state index contributed by atoms with van der Waals surface area (Å²) in [5.41, 5.74) is -1.63.